The van der Waals surface area contributed by atoms with Gasteiger partial charge < -0.3 is 10.2 Å². The highest BCUT2D eigenvalue weighted by molar-refractivity contribution is 7.89. The molecule has 0 saturated heterocycles. The van der Waals surface area contributed by atoms with Gasteiger partial charge in [-0.1, -0.05) is 70.7 Å². The maximum absolute atomic E-state index is 14.6. The minimum Gasteiger partial charge on any atom is -0.504 e. The normalized spacial score (nSPS) is 11.8. The van der Waals surface area contributed by atoms with Crippen LogP contribution in [0.3, 0.4) is 0 Å². The number of phenolic OH excluding ortho intramolecular Hbond substituents is 2. The van der Waals surface area contributed by atoms with Gasteiger partial charge in [0.25, 0.3) is 0 Å². The Bertz CT molecular complexity index is 1830. The number of anilines is 4. The Morgan fingerprint density at radius 3 is 1.21 bits per heavy atom. The number of benzene rings is 4. The number of carbonyl (C=O) groups excluding carboxylic acids is 1. The quantitative estimate of drug-likeness (QED) is 0.188. The van der Waals surface area contributed by atoms with Crippen LogP contribution < -0.4 is 20.1 Å². The average Bonchev–Trinajstić information content (AvgIpc) is 2.87. The Morgan fingerprint density at radius 1 is 0.548 bits per heavy atom. The first-order valence-corrected chi connectivity index (χ1v) is 15.9. The van der Waals surface area contributed by atoms with Gasteiger partial charge in [0.15, 0.2) is 11.5 Å². The lowest BCUT2D eigenvalue weighted by molar-refractivity contribution is 0.255. The van der Waals surface area contributed by atoms with Crippen LogP contribution in [0.1, 0.15) is 0 Å². The summed E-state index contributed by atoms with van der Waals surface area (Å²) in [6.07, 6.45) is 0. The summed E-state index contributed by atoms with van der Waals surface area (Å²) in [5.41, 5.74) is -1.09. The summed E-state index contributed by atoms with van der Waals surface area (Å²) in [7, 11) is -9.38. The van der Waals surface area contributed by atoms with Crippen LogP contribution in [0, 0.1) is 0 Å². The van der Waals surface area contributed by atoms with E-state index in [2.05, 4.69) is 0 Å². The number of nitrogens with two attached hydrogens (primary N) is 2. The lowest BCUT2D eigenvalue weighted by atomic mass is 10.2. The lowest BCUT2D eigenvalue weighted by Gasteiger charge is -2.33. The second kappa shape index (κ2) is 11.8. The number of amides is 2. The molecular formula is C25H18Cl4N4O7S2. The van der Waals surface area contributed by atoms with Gasteiger partial charge in [0.1, 0.15) is 9.79 Å². The van der Waals surface area contributed by atoms with Crippen molar-refractivity contribution in [1.82, 2.24) is 0 Å². The van der Waals surface area contributed by atoms with Crippen LogP contribution in [0.15, 0.2) is 82.6 Å². The number of phenols is 2. The standard InChI is InChI=1S/C25H18Cl4N4O7S2/c26-13-5-1-3-7-17(13)32(18-8-4-2-6-14(18)27)25(36)33(19-11-9-15(28)23(21(19)34)41(30,37)38)20-12-10-16(29)24(22(20)35)42(31,39)40/h1-12,34-35H,(H2,30,37,38)(H2,31,39,40). The molecule has 2 amide bonds. The van der Waals surface area contributed by atoms with Gasteiger partial charge in [0.05, 0.1) is 42.8 Å². The number of rotatable bonds is 6. The van der Waals surface area contributed by atoms with Gasteiger partial charge in [-0.2, -0.15) is 0 Å². The third kappa shape index (κ3) is 5.96. The van der Waals surface area contributed by atoms with Gasteiger partial charge >= 0.3 is 6.03 Å². The number of urea groups is 1. The van der Waals surface area contributed by atoms with Crippen LogP contribution in [0.4, 0.5) is 27.5 Å². The van der Waals surface area contributed by atoms with Crippen LogP contribution in [-0.2, 0) is 20.0 Å². The summed E-state index contributed by atoms with van der Waals surface area (Å²) in [5.74, 6) is -2.22. The largest absolute Gasteiger partial charge is 0.504 e. The first-order valence-electron chi connectivity index (χ1n) is 11.3. The van der Waals surface area contributed by atoms with Crippen LogP contribution in [0.25, 0.3) is 0 Å². The summed E-state index contributed by atoms with van der Waals surface area (Å²) in [5, 5.41) is 31.9. The topological polar surface area (TPSA) is 184 Å². The number of nitrogens with zero attached hydrogens (tertiary/aromatic N) is 2. The molecule has 0 unspecified atom stereocenters. The molecular weight excluding hydrogens is 674 g/mol. The molecule has 42 heavy (non-hydrogen) atoms. The van der Waals surface area contributed by atoms with Gasteiger partial charge in [-0.25, -0.2) is 31.9 Å². The fourth-order valence-corrected chi connectivity index (χ4v) is 6.83. The molecule has 0 aliphatic heterocycles. The molecule has 6 N–H and O–H groups in total. The summed E-state index contributed by atoms with van der Waals surface area (Å²) in [6, 6.07) is 15.1. The number of para-hydroxylation sites is 2. The van der Waals surface area contributed by atoms with E-state index in [1.165, 1.54) is 24.3 Å². The van der Waals surface area contributed by atoms with Gasteiger partial charge in [-0.05, 0) is 48.5 Å². The number of hydrogen-bond donors (Lipinski definition) is 4. The molecule has 0 aliphatic carbocycles. The zero-order chi connectivity index (χ0) is 31.1. The Balaban J connectivity index is 2.15. The van der Waals surface area contributed by atoms with Gasteiger partial charge in [0, 0.05) is 0 Å². The van der Waals surface area contributed by atoms with E-state index in [9.17, 15) is 31.8 Å². The number of hydrogen-bond acceptors (Lipinski definition) is 7. The molecule has 4 aromatic carbocycles. The van der Waals surface area contributed by atoms with Crippen molar-refractivity contribution < 1.29 is 31.8 Å². The van der Waals surface area contributed by atoms with Crippen LogP contribution in [0.5, 0.6) is 11.5 Å². The monoisotopic (exact) mass is 690 g/mol. The predicted molar refractivity (Wildman–Crippen MR) is 162 cm³/mol. The molecule has 0 spiro atoms. The maximum Gasteiger partial charge on any atom is 0.338 e. The van der Waals surface area contributed by atoms with E-state index in [0.29, 0.717) is 4.90 Å². The van der Waals surface area contributed by atoms with E-state index in [4.69, 9.17) is 56.7 Å². The van der Waals surface area contributed by atoms with E-state index in [1.54, 1.807) is 24.3 Å². The Labute approximate surface area is 260 Å². The number of carbonyl (C=O) groups is 1. The summed E-state index contributed by atoms with van der Waals surface area (Å²) in [6.45, 7) is 0. The van der Waals surface area contributed by atoms with Crippen molar-refractivity contribution in [1.29, 1.82) is 0 Å². The second-order valence-electron chi connectivity index (χ2n) is 8.43. The SMILES string of the molecule is NS(=O)(=O)c1c(Cl)ccc(N(C(=O)N(c2ccccc2Cl)c2ccccc2Cl)c2ccc(Cl)c(S(N)(=O)=O)c2O)c1O. The van der Waals surface area contributed by atoms with E-state index >= 15 is 0 Å². The number of halogens is 4. The summed E-state index contributed by atoms with van der Waals surface area (Å²) in [4.78, 5) is 14.3. The van der Waals surface area contributed by atoms with Gasteiger partial charge in [-0.15, -0.1) is 0 Å². The molecule has 4 aromatic rings. The average molecular weight is 692 g/mol. The first-order chi connectivity index (χ1) is 19.6. The number of primary sulfonamides is 2. The molecule has 0 heterocycles. The smallest absolute Gasteiger partial charge is 0.338 e. The third-order valence-electron chi connectivity index (χ3n) is 5.74. The molecule has 0 aliphatic rings. The molecule has 220 valence electrons. The Morgan fingerprint density at radius 2 is 0.881 bits per heavy atom. The molecule has 0 fully saturated rings. The van der Waals surface area contributed by atoms with Gasteiger partial charge in [0.2, 0.25) is 20.0 Å². The third-order valence-corrected chi connectivity index (χ3v) is 9.20. The van der Waals surface area contributed by atoms with Crippen molar-refractivity contribution >= 4 is 95.2 Å². The van der Waals surface area contributed by atoms with Crippen molar-refractivity contribution in [3.63, 3.8) is 0 Å². The molecule has 0 bridgehead atoms. The van der Waals surface area contributed by atoms with E-state index in [1.807, 2.05) is 0 Å². The second-order valence-corrected chi connectivity index (χ2v) is 13.1. The van der Waals surface area contributed by atoms with Crippen molar-refractivity contribution in [2.45, 2.75) is 9.79 Å². The zero-order valence-electron chi connectivity index (χ0n) is 20.7. The van der Waals surface area contributed by atoms with Crippen LogP contribution in [-0.4, -0.2) is 33.1 Å². The highest BCUT2D eigenvalue weighted by Crippen LogP contribution is 2.48. The number of sulfonamides is 2. The minimum atomic E-state index is -4.69. The van der Waals surface area contributed by atoms with Crippen molar-refractivity contribution in [2.24, 2.45) is 10.3 Å². The number of aromatic hydroxyl groups is 2. The fraction of sp³-hybridized carbons (Fsp3) is 0. The molecule has 0 radical (unpaired) electrons. The zero-order valence-corrected chi connectivity index (χ0v) is 25.4. The van der Waals surface area contributed by atoms with Crippen molar-refractivity contribution in [2.75, 3.05) is 9.80 Å². The molecule has 11 nitrogen and oxygen atoms in total. The fourth-order valence-electron chi connectivity index (χ4n) is 4.01. The molecule has 0 aromatic heterocycles. The predicted octanol–water partition coefficient (Wildman–Crippen LogP) is 6.10. The van der Waals surface area contributed by atoms with Crippen LogP contribution in [0.2, 0.25) is 20.1 Å². The molecule has 0 atom stereocenters. The van der Waals surface area contributed by atoms with E-state index < -0.39 is 68.8 Å². The molecule has 4 rings (SSSR count). The van der Waals surface area contributed by atoms with Crippen LogP contribution >= 0.6 is 46.4 Å². The highest BCUT2D eigenvalue weighted by Gasteiger charge is 2.36. The van der Waals surface area contributed by atoms with E-state index in [0.717, 1.165) is 29.2 Å². The maximum atomic E-state index is 14.6. The Hall–Kier alpha value is -3.27. The van der Waals surface area contributed by atoms with Gasteiger partial charge in [-0.3, -0.25) is 9.80 Å². The lowest BCUT2D eigenvalue weighted by Crippen LogP contribution is -2.39. The minimum absolute atomic E-state index is 0.0572. The van der Waals surface area contributed by atoms with Crippen molar-refractivity contribution in [3.8, 4) is 11.5 Å². The summed E-state index contributed by atoms with van der Waals surface area (Å²) >= 11 is 24.9. The highest BCUT2D eigenvalue weighted by atomic mass is 35.5. The molecule has 0 saturated carbocycles. The molecule has 17 heteroatoms. The first kappa shape index (κ1) is 31.7. The summed E-state index contributed by atoms with van der Waals surface area (Å²) < 4.78 is 49.4. The van der Waals surface area contributed by atoms with Crippen molar-refractivity contribution in [3.05, 3.63) is 92.9 Å². The Kier molecular flexibility index (Phi) is 8.88. The van der Waals surface area contributed by atoms with E-state index in [-0.39, 0.29) is 21.4 Å².